The third-order valence-corrected chi connectivity index (χ3v) is 5.62. The summed E-state index contributed by atoms with van der Waals surface area (Å²) in [6.07, 6.45) is 1.71. The first-order chi connectivity index (χ1) is 16.2. The van der Waals surface area contributed by atoms with Crippen LogP contribution in [0.1, 0.15) is 5.69 Å². The van der Waals surface area contributed by atoms with Gasteiger partial charge in [0.1, 0.15) is 11.6 Å². The van der Waals surface area contributed by atoms with Crippen molar-refractivity contribution in [3.63, 3.8) is 0 Å². The second-order valence-electron chi connectivity index (χ2n) is 7.52. The van der Waals surface area contributed by atoms with Crippen molar-refractivity contribution in [1.82, 2.24) is 14.5 Å². The number of nitrogens with zero attached hydrogens (tertiary/aromatic N) is 3. The summed E-state index contributed by atoms with van der Waals surface area (Å²) in [7, 11) is 0. The van der Waals surface area contributed by atoms with Gasteiger partial charge in [0.2, 0.25) is 5.88 Å². The van der Waals surface area contributed by atoms with Gasteiger partial charge in [-0.2, -0.15) is 0 Å². The Kier molecular flexibility index (Phi) is 5.79. The fraction of sp³-hybridized carbons (Fsp3) is 0.0370. The molecule has 0 atom stereocenters. The van der Waals surface area contributed by atoms with Crippen molar-refractivity contribution >= 4 is 17.4 Å². The van der Waals surface area contributed by atoms with Crippen molar-refractivity contribution in [2.45, 2.75) is 6.54 Å². The largest absolute Gasteiger partial charge is 0.439 e. The number of anilines is 1. The molecule has 0 fully saturated rings. The minimum absolute atomic E-state index is 0.497. The molecule has 0 spiro atoms. The van der Waals surface area contributed by atoms with E-state index in [1.165, 1.54) is 0 Å². The molecule has 3 heterocycles. The van der Waals surface area contributed by atoms with Gasteiger partial charge in [-0.05, 0) is 66.2 Å². The molecule has 5 nitrogen and oxygen atoms in total. The average Bonchev–Trinajstić information content (AvgIpc) is 3.24. The van der Waals surface area contributed by atoms with Gasteiger partial charge in [0.05, 0.1) is 17.9 Å². The Morgan fingerprint density at radius 3 is 2.33 bits per heavy atom. The first kappa shape index (κ1) is 20.8. The fourth-order valence-corrected chi connectivity index (χ4v) is 4.00. The van der Waals surface area contributed by atoms with Crippen molar-refractivity contribution in [3.05, 3.63) is 114 Å². The Morgan fingerprint density at radius 2 is 1.58 bits per heavy atom. The van der Waals surface area contributed by atoms with E-state index in [0.717, 1.165) is 34.0 Å². The molecule has 0 aliphatic rings. The highest BCUT2D eigenvalue weighted by Gasteiger charge is 2.15. The Labute approximate surface area is 197 Å². The standard InChI is InChI=1S/C27H21ClN4O/c28-23-8-2-1-7-22(23)25-16-15-24(32(25)18-20-6-5-9-26(29)31-20)19-11-13-21(14-12-19)33-27-10-3-4-17-30-27/h1-17H,18H2,(H2,29,31). The molecule has 0 saturated carbocycles. The molecular formula is C27H21ClN4O. The Morgan fingerprint density at radius 1 is 0.788 bits per heavy atom. The highest BCUT2D eigenvalue weighted by Crippen LogP contribution is 2.34. The number of halogens is 1. The van der Waals surface area contributed by atoms with Crippen LogP contribution in [0.3, 0.4) is 0 Å². The number of hydrogen-bond acceptors (Lipinski definition) is 4. The fourth-order valence-electron chi connectivity index (χ4n) is 3.76. The van der Waals surface area contributed by atoms with E-state index in [-0.39, 0.29) is 0 Å². The molecule has 0 bridgehead atoms. The maximum atomic E-state index is 6.54. The summed E-state index contributed by atoms with van der Waals surface area (Å²) >= 11 is 6.54. The van der Waals surface area contributed by atoms with Crippen molar-refractivity contribution in [2.24, 2.45) is 0 Å². The average molecular weight is 453 g/mol. The van der Waals surface area contributed by atoms with E-state index < -0.39 is 0 Å². The van der Waals surface area contributed by atoms with Crippen LogP contribution in [-0.4, -0.2) is 14.5 Å². The molecule has 3 aromatic heterocycles. The van der Waals surface area contributed by atoms with Gasteiger partial charge in [-0.15, -0.1) is 0 Å². The quantitative estimate of drug-likeness (QED) is 0.311. The monoisotopic (exact) mass is 452 g/mol. The van der Waals surface area contributed by atoms with E-state index in [0.29, 0.717) is 23.3 Å². The van der Waals surface area contributed by atoms with Gasteiger partial charge >= 0.3 is 0 Å². The van der Waals surface area contributed by atoms with Crippen molar-refractivity contribution in [1.29, 1.82) is 0 Å². The number of benzene rings is 2. The van der Waals surface area contributed by atoms with Crippen LogP contribution in [-0.2, 0) is 6.54 Å². The first-order valence-corrected chi connectivity index (χ1v) is 10.9. The predicted molar refractivity (Wildman–Crippen MR) is 132 cm³/mol. The minimum atomic E-state index is 0.497. The van der Waals surface area contributed by atoms with E-state index in [1.807, 2.05) is 78.9 Å². The highest BCUT2D eigenvalue weighted by atomic mass is 35.5. The number of nitrogen functional groups attached to an aromatic ring is 1. The molecule has 162 valence electrons. The molecule has 0 saturated heterocycles. The summed E-state index contributed by atoms with van der Waals surface area (Å²) in [4.78, 5) is 8.71. The lowest BCUT2D eigenvalue weighted by molar-refractivity contribution is 0.463. The van der Waals surface area contributed by atoms with Crippen LogP contribution in [0.2, 0.25) is 5.02 Å². The molecule has 0 radical (unpaired) electrons. The van der Waals surface area contributed by atoms with Gasteiger partial charge in [-0.3, -0.25) is 0 Å². The summed E-state index contributed by atoms with van der Waals surface area (Å²) in [6.45, 7) is 0.556. The summed E-state index contributed by atoms with van der Waals surface area (Å²) in [6, 6.07) is 31.2. The number of rotatable bonds is 6. The molecule has 0 aliphatic carbocycles. The summed E-state index contributed by atoms with van der Waals surface area (Å²) in [5.74, 6) is 1.78. The van der Waals surface area contributed by atoms with Gasteiger partial charge in [0.25, 0.3) is 0 Å². The zero-order valence-corrected chi connectivity index (χ0v) is 18.5. The molecule has 2 aromatic carbocycles. The van der Waals surface area contributed by atoms with Gasteiger partial charge in [-0.25, -0.2) is 9.97 Å². The van der Waals surface area contributed by atoms with Crippen molar-refractivity contribution in [3.8, 4) is 34.1 Å². The van der Waals surface area contributed by atoms with E-state index in [4.69, 9.17) is 22.1 Å². The van der Waals surface area contributed by atoms with Crippen LogP contribution in [0.5, 0.6) is 11.6 Å². The summed E-state index contributed by atoms with van der Waals surface area (Å²) in [5, 5.41) is 0.697. The minimum Gasteiger partial charge on any atom is -0.439 e. The zero-order valence-electron chi connectivity index (χ0n) is 17.7. The number of pyridine rings is 2. The number of aromatic nitrogens is 3. The summed E-state index contributed by atoms with van der Waals surface area (Å²) < 4.78 is 8.05. The second kappa shape index (κ2) is 9.18. The van der Waals surface area contributed by atoms with Crippen molar-refractivity contribution < 1.29 is 4.74 Å². The molecule has 0 aliphatic heterocycles. The number of nitrogens with two attached hydrogens (primary N) is 1. The molecule has 5 rings (SSSR count). The van der Waals surface area contributed by atoms with Crippen molar-refractivity contribution in [2.75, 3.05) is 5.73 Å². The highest BCUT2D eigenvalue weighted by molar-refractivity contribution is 6.33. The van der Waals surface area contributed by atoms with Gasteiger partial charge in [-0.1, -0.05) is 41.9 Å². The van der Waals surface area contributed by atoms with E-state index in [2.05, 4.69) is 26.7 Å². The van der Waals surface area contributed by atoms with Crippen LogP contribution >= 0.6 is 11.6 Å². The summed E-state index contributed by atoms with van der Waals surface area (Å²) in [5.41, 5.74) is 10.9. The first-order valence-electron chi connectivity index (χ1n) is 10.5. The second-order valence-corrected chi connectivity index (χ2v) is 7.93. The zero-order chi connectivity index (χ0) is 22.6. The van der Waals surface area contributed by atoms with Crippen LogP contribution < -0.4 is 10.5 Å². The third-order valence-electron chi connectivity index (χ3n) is 5.29. The van der Waals surface area contributed by atoms with Crippen LogP contribution in [0.25, 0.3) is 22.5 Å². The molecule has 33 heavy (non-hydrogen) atoms. The van der Waals surface area contributed by atoms with Gasteiger partial charge < -0.3 is 15.0 Å². The lowest BCUT2D eigenvalue weighted by Gasteiger charge is -2.15. The van der Waals surface area contributed by atoms with Crippen LogP contribution in [0.4, 0.5) is 5.82 Å². The molecule has 0 amide bonds. The number of ether oxygens (including phenoxy) is 1. The third kappa shape index (κ3) is 4.59. The molecule has 5 aromatic rings. The smallest absolute Gasteiger partial charge is 0.219 e. The SMILES string of the molecule is Nc1cccc(Cn2c(-c3ccc(Oc4ccccn4)cc3)ccc2-c2ccccc2Cl)n1. The topological polar surface area (TPSA) is 66.0 Å². The van der Waals surface area contributed by atoms with E-state index in [1.54, 1.807) is 12.3 Å². The van der Waals surface area contributed by atoms with E-state index >= 15 is 0 Å². The number of hydrogen-bond donors (Lipinski definition) is 1. The molecule has 6 heteroatoms. The maximum absolute atomic E-state index is 6.54. The normalized spacial score (nSPS) is 10.8. The van der Waals surface area contributed by atoms with Gasteiger partial charge in [0, 0.05) is 28.5 Å². The van der Waals surface area contributed by atoms with E-state index in [9.17, 15) is 0 Å². The Hall–Kier alpha value is -4.09. The lowest BCUT2D eigenvalue weighted by Crippen LogP contribution is -2.06. The molecule has 2 N–H and O–H groups in total. The lowest BCUT2D eigenvalue weighted by atomic mass is 10.1. The maximum Gasteiger partial charge on any atom is 0.219 e. The van der Waals surface area contributed by atoms with Gasteiger partial charge in [0.15, 0.2) is 0 Å². The Balaban J connectivity index is 1.53. The molecule has 0 unspecified atom stereocenters. The predicted octanol–water partition coefficient (Wildman–Crippen LogP) is 6.69. The molecular weight excluding hydrogens is 432 g/mol. The Bertz CT molecular complexity index is 1380. The van der Waals surface area contributed by atoms with Crippen LogP contribution in [0, 0.1) is 0 Å². The van der Waals surface area contributed by atoms with Crippen LogP contribution in [0.15, 0.2) is 103 Å².